The van der Waals surface area contributed by atoms with Crippen LogP contribution in [0.3, 0.4) is 0 Å². The first-order chi connectivity index (χ1) is 15.4. The lowest BCUT2D eigenvalue weighted by atomic mass is 10.0. The molecule has 1 N–H and O–H groups in total. The van der Waals surface area contributed by atoms with Crippen LogP contribution in [0, 0.1) is 0 Å². The third kappa shape index (κ3) is 4.35. The number of nitrogens with one attached hydrogen (secondary N) is 1. The van der Waals surface area contributed by atoms with Crippen LogP contribution in [-0.4, -0.2) is 53.3 Å². The average molecular weight is 437 g/mol. The molecule has 2 aromatic rings. The Morgan fingerprint density at radius 1 is 1.31 bits per heavy atom. The summed E-state index contributed by atoms with van der Waals surface area (Å²) in [5.41, 5.74) is 1.90. The van der Waals surface area contributed by atoms with E-state index < -0.39 is 0 Å². The lowest BCUT2D eigenvalue weighted by molar-refractivity contribution is 0.217. The molecule has 0 spiro atoms. The van der Waals surface area contributed by atoms with Crippen molar-refractivity contribution in [3.05, 3.63) is 49.0 Å². The summed E-state index contributed by atoms with van der Waals surface area (Å²) >= 11 is 0. The highest BCUT2D eigenvalue weighted by atomic mass is 16.5. The number of hydrogen-bond acceptors (Lipinski definition) is 8. The van der Waals surface area contributed by atoms with Gasteiger partial charge in [-0.1, -0.05) is 12.7 Å². The maximum Gasteiger partial charge on any atom is 0.225 e. The van der Waals surface area contributed by atoms with Crippen LogP contribution in [0.5, 0.6) is 11.6 Å². The van der Waals surface area contributed by atoms with Gasteiger partial charge in [-0.25, -0.2) is 9.97 Å². The van der Waals surface area contributed by atoms with Crippen molar-refractivity contribution in [2.45, 2.75) is 45.2 Å². The summed E-state index contributed by atoms with van der Waals surface area (Å²) in [4.78, 5) is 18.1. The Labute approximate surface area is 190 Å². The number of nitrogens with zero attached hydrogens (tertiary/aromatic N) is 5. The van der Waals surface area contributed by atoms with E-state index in [4.69, 9.17) is 14.5 Å². The monoisotopic (exact) mass is 436 g/mol. The number of allylic oxidation sites excluding steroid dienone is 2. The van der Waals surface area contributed by atoms with Crippen molar-refractivity contribution >= 4 is 17.5 Å². The van der Waals surface area contributed by atoms with Crippen LogP contribution in [0.15, 0.2) is 49.0 Å². The van der Waals surface area contributed by atoms with E-state index in [0.717, 1.165) is 43.1 Å². The van der Waals surface area contributed by atoms with E-state index in [9.17, 15) is 0 Å². The van der Waals surface area contributed by atoms with Crippen molar-refractivity contribution in [2.24, 2.45) is 0 Å². The largest absolute Gasteiger partial charge is 0.486 e. The quantitative estimate of drug-likeness (QED) is 0.681. The molecule has 0 aromatic carbocycles. The summed E-state index contributed by atoms with van der Waals surface area (Å²) in [5, 5.41) is 3.53. The van der Waals surface area contributed by atoms with Crippen molar-refractivity contribution in [1.82, 2.24) is 15.0 Å². The van der Waals surface area contributed by atoms with Crippen LogP contribution in [-0.2, 0) is 0 Å². The number of hydrogen-bond donors (Lipinski definition) is 1. The molecule has 8 nitrogen and oxygen atoms in total. The van der Waals surface area contributed by atoms with Crippen LogP contribution in [0.2, 0.25) is 0 Å². The second-order valence-electron chi connectivity index (χ2n) is 8.70. The first kappa shape index (κ1) is 21.9. The van der Waals surface area contributed by atoms with Crippen molar-refractivity contribution < 1.29 is 9.47 Å². The zero-order chi connectivity index (χ0) is 22.7. The molecule has 0 unspecified atom stereocenters. The predicted molar refractivity (Wildman–Crippen MR) is 128 cm³/mol. The minimum Gasteiger partial charge on any atom is -0.486 e. The van der Waals surface area contributed by atoms with Gasteiger partial charge in [0.1, 0.15) is 6.61 Å². The zero-order valence-electron chi connectivity index (χ0n) is 19.3. The van der Waals surface area contributed by atoms with Crippen LogP contribution in [0.25, 0.3) is 0 Å². The van der Waals surface area contributed by atoms with Crippen molar-refractivity contribution in [2.75, 3.05) is 41.9 Å². The van der Waals surface area contributed by atoms with Gasteiger partial charge in [-0.3, -0.25) is 0 Å². The van der Waals surface area contributed by atoms with E-state index in [2.05, 4.69) is 45.5 Å². The van der Waals surface area contributed by atoms with Gasteiger partial charge in [0.15, 0.2) is 11.6 Å². The van der Waals surface area contributed by atoms with Crippen LogP contribution in [0.1, 0.15) is 33.6 Å². The number of methoxy groups -OCH3 is 1. The first-order valence-corrected chi connectivity index (χ1v) is 11.1. The predicted octanol–water partition coefficient (Wildman–Crippen LogP) is 4.03. The number of fused-ring (bicyclic) bond motifs is 1. The van der Waals surface area contributed by atoms with Gasteiger partial charge in [-0.2, -0.15) is 4.98 Å². The highest BCUT2D eigenvalue weighted by Gasteiger charge is 2.37. The molecule has 0 amide bonds. The second-order valence-corrected chi connectivity index (χ2v) is 8.70. The van der Waals surface area contributed by atoms with Gasteiger partial charge >= 0.3 is 0 Å². The smallest absolute Gasteiger partial charge is 0.225 e. The molecular formula is C24H32N6O2. The minimum atomic E-state index is -0.244. The Bertz CT molecular complexity index is 998. The molecule has 170 valence electrons. The first-order valence-electron chi connectivity index (χ1n) is 11.1. The third-order valence-electron chi connectivity index (χ3n) is 6.02. The van der Waals surface area contributed by atoms with Crippen molar-refractivity contribution in [3.8, 4) is 11.6 Å². The van der Waals surface area contributed by atoms with Crippen LogP contribution in [0.4, 0.5) is 17.5 Å². The average Bonchev–Trinajstić information content (AvgIpc) is 2.81. The number of ether oxygens (including phenoxy) is 2. The summed E-state index contributed by atoms with van der Waals surface area (Å²) < 4.78 is 11.2. The second kappa shape index (κ2) is 9.06. The molecule has 2 aromatic heterocycles. The highest BCUT2D eigenvalue weighted by Crippen LogP contribution is 2.39. The Morgan fingerprint density at radius 3 is 2.78 bits per heavy atom. The summed E-state index contributed by atoms with van der Waals surface area (Å²) in [7, 11) is 1.64. The van der Waals surface area contributed by atoms with E-state index in [1.807, 2.05) is 31.2 Å². The van der Waals surface area contributed by atoms with Crippen LogP contribution >= 0.6 is 0 Å². The molecule has 0 atom stereocenters. The normalized spacial score (nSPS) is 18.6. The van der Waals surface area contributed by atoms with E-state index in [1.54, 1.807) is 19.5 Å². The topological polar surface area (TPSA) is 75.6 Å². The van der Waals surface area contributed by atoms with Gasteiger partial charge in [-0.05, 0) is 45.8 Å². The number of aromatic nitrogens is 3. The molecule has 2 aliphatic rings. The van der Waals surface area contributed by atoms with Gasteiger partial charge in [0.2, 0.25) is 11.8 Å². The van der Waals surface area contributed by atoms with E-state index in [-0.39, 0.29) is 5.54 Å². The van der Waals surface area contributed by atoms with Gasteiger partial charge in [0.05, 0.1) is 18.8 Å². The zero-order valence-corrected chi connectivity index (χ0v) is 19.3. The SMILES string of the molecule is C=C/C(=C\C)N1c2nc(NC3CCN(c4ccnc(OC)c4)CC3)ncc2OCC1(C)C. The molecule has 0 aliphatic carbocycles. The summed E-state index contributed by atoms with van der Waals surface area (Å²) in [6, 6.07) is 4.31. The third-order valence-corrected chi connectivity index (χ3v) is 6.02. The van der Waals surface area contributed by atoms with E-state index in [1.165, 1.54) is 0 Å². The van der Waals surface area contributed by atoms with E-state index >= 15 is 0 Å². The lowest BCUT2D eigenvalue weighted by Gasteiger charge is -2.44. The molecular weight excluding hydrogens is 404 g/mol. The lowest BCUT2D eigenvalue weighted by Crippen LogP contribution is -2.51. The highest BCUT2D eigenvalue weighted by molar-refractivity contribution is 5.63. The minimum absolute atomic E-state index is 0.244. The summed E-state index contributed by atoms with van der Waals surface area (Å²) in [6.07, 6.45) is 9.44. The number of rotatable bonds is 6. The maximum absolute atomic E-state index is 5.96. The number of anilines is 3. The van der Waals surface area contributed by atoms with Gasteiger partial charge in [-0.15, -0.1) is 0 Å². The Kier molecular flexibility index (Phi) is 6.21. The molecule has 1 fully saturated rings. The fourth-order valence-corrected chi connectivity index (χ4v) is 4.28. The van der Waals surface area contributed by atoms with Gasteiger partial charge in [0, 0.05) is 42.8 Å². The molecule has 0 radical (unpaired) electrons. The van der Waals surface area contributed by atoms with Crippen molar-refractivity contribution in [1.29, 1.82) is 0 Å². The summed E-state index contributed by atoms with van der Waals surface area (Å²) in [5.74, 6) is 2.73. The standard InChI is InChI=1S/C24H32N6O2/c1-6-18(7-2)30-22-20(32-16-24(30,3)4)15-26-23(28-22)27-17-9-12-29(13-10-17)19-8-11-25-21(14-19)31-5/h6-8,11,14-15,17H,1,9-10,12-13,16H2,2-5H3,(H,26,27,28)/b18-7+. The fraction of sp³-hybridized carbons (Fsp3) is 0.458. The number of piperidine rings is 1. The maximum atomic E-state index is 5.96. The molecule has 32 heavy (non-hydrogen) atoms. The molecule has 0 bridgehead atoms. The Morgan fingerprint density at radius 2 is 2.09 bits per heavy atom. The van der Waals surface area contributed by atoms with Crippen LogP contribution < -0.4 is 24.6 Å². The Hall–Kier alpha value is -3.29. The molecule has 4 rings (SSSR count). The van der Waals surface area contributed by atoms with Crippen molar-refractivity contribution in [3.63, 3.8) is 0 Å². The fourth-order valence-electron chi connectivity index (χ4n) is 4.28. The molecule has 2 aliphatic heterocycles. The molecule has 8 heteroatoms. The molecule has 1 saturated heterocycles. The van der Waals surface area contributed by atoms with E-state index in [0.29, 0.717) is 30.2 Å². The molecule has 0 saturated carbocycles. The van der Waals surface area contributed by atoms with Gasteiger partial charge in [0.25, 0.3) is 0 Å². The number of pyridine rings is 1. The Balaban J connectivity index is 1.47. The van der Waals surface area contributed by atoms with Gasteiger partial charge < -0.3 is 24.6 Å². The summed E-state index contributed by atoms with van der Waals surface area (Å²) in [6.45, 7) is 12.7. The molecule has 4 heterocycles.